The maximum atomic E-state index is 13.4. The summed E-state index contributed by atoms with van der Waals surface area (Å²) in [5, 5.41) is 0.121. The summed E-state index contributed by atoms with van der Waals surface area (Å²) < 4.78 is 13.4. The summed E-state index contributed by atoms with van der Waals surface area (Å²) in [6, 6.07) is 4.65. The van der Waals surface area contributed by atoms with E-state index < -0.39 is 5.82 Å². The average molecular weight is 212 g/mol. The third-order valence-corrected chi connectivity index (χ3v) is 2.19. The minimum Gasteiger partial charge on any atom is -0.327 e. The lowest BCUT2D eigenvalue weighted by atomic mass is 10.0. The van der Waals surface area contributed by atoms with Gasteiger partial charge in [0.05, 0.1) is 5.02 Å². The lowest BCUT2D eigenvalue weighted by molar-refractivity contribution is 0.589. The van der Waals surface area contributed by atoms with Crippen molar-refractivity contribution in [2.75, 3.05) is 0 Å². The molecule has 0 radical (unpaired) electrons. The zero-order valence-corrected chi connectivity index (χ0v) is 8.39. The maximum Gasteiger partial charge on any atom is 0.145 e. The van der Waals surface area contributed by atoms with Crippen LogP contribution >= 0.6 is 11.6 Å². The van der Waals surface area contributed by atoms with E-state index in [1.165, 1.54) is 6.07 Å². The highest BCUT2D eigenvalue weighted by atomic mass is 35.5. The second-order valence-electron chi connectivity index (χ2n) is 3.09. The third kappa shape index (κ3) is 2.73. The molecule has 0 fully saturated rings. The number of benzene rings is 1. The molecule has 3 heteroatoms. The SMILES string of the molecule is C#CCC(N)Cc1cccc(Cl)c1F. The topological polar surface area (TPSA) is 26.0 Å². The highest BCUT2D eigenvalue weighted by molar-refractivity contribution is 6.30. The Morgan fingerprint density at radius 2 is 2.29 bits per heavy atom. The molecule has 74 valence electrons. The fourth-order valence-corrected chi connectivity index (χ4v) is 1.41. The van der Waals surface area contributed by atoms with E-state index in [0.29, 0.717) is 18.4 Å². The Labute approximate surface area is 88.1 Å². The van der Waals surface area contributed by atoms with Crippen molar-refractivity contribution in [3.05, 3.63) is 34.6 Å². The van der Waals surface area contributed by atoms with Gasteiger partial charge in [0.2, 0.25) is 0 Å². The highest BCUT2D eigenvalue weighted by Gasteiger charge is 2.09. The molecule has 1 atom stereocenters. The molecule has 1 nitrogen and oxygen atoms in total. The van der Waals surface area contributed by atoms with E-state index in [1.807, 2.05) is 0 Å². The molecule has 0 amide bonds. The summed E-state index contributed by atoms with van der Waals surface area (Å²) in [5.41, 5.74) is 6.20. The number of rotatable bonds is 3. The fourth-order valence-electron chi connectivity index (χ4n) is 1.21. The van der Waals surface area contributed by atoms with Crippen LogP contribution in [0.25, 0.3) is 0 Å². The third-order valence-electron chi connectivity index (χ3n) is 1.89. The number of terminal acetylenes is 1. The molecule has 1 rings (SSSR count). The fraction of sp³-hybridized carbons (Fsp3) is 0.273. The minimum atomic E-state index is -0.401. The first-order valence-electron chi connectivity index (χ1n) is 4.27. The first-order valence-corrected chi connectivity index (χ1v) is 4.65. The molecule has 1 aromatic rings. The molecule has 1 unspecified atom stereocenters. The Kier molecular flexibility index (Phi) is 3.94. The lowest BCUT2D eigenvalue weighted by Gasteiger charge is -2.09. The highest BCUT2D eigenvalue weighted by Crippen LogP contribution is 2.18. The van der Waals surface area contributed by atoms with Gasteiger partial charge in [-0.25, -0.2) is 4.39 Å². The van der Waals surface area contributed by atoms with Gasteiger partial charge >= 0.3 is 0 Å². The normalized spacial score (nSPS) is 12.1. The van der Waals surface area contributed by atoms with Crippen molar-refractivity contribution in [1.29, 1.82) is 0 Å². The van der Waals surface area contributed by atoms with Crippen LogP contribution in [0, 0.1) is 18.2 Å². The Hall–Kier alpha value is -1.04. The van der Waals surface area contributed by atoms with Crippen LogP contribution in [0.5, 0.6) is 0 Å². The zero-order chi connectivity index (χ0) is 10.6. The van der Waals surface area contributed by atoms with Gasteiger partial charge in [-0.1, -0.05) is 23.7 Å². The first kappa shape index (κ1) is 11.0. The van der Waals surface area contributed by atoms with Gasteiger partial charge in [-0.3, -0.25) is 0 Å². The Morgan fingerprint density at radius 3 is 2.93 bits per heavy atom. The molecular weight excluding hydrogens is 201 g/mol. The van der Waals surface area contributed by atoms with Gasteiger partial charge in [-0.2, -0.15) is 0 Å². The summed E-state index contributed by atoms with van der Waals surface area (Å²) in [6.45, 7) is 0. The van der Waals surface area contributed by atoms with Crippen LogP contribution < -0.4 is 5.73 Å². The summed E-state index contributed by atoms with van der Waals surface area (Å²) in [5.74, 6) is 2.04. The molecule has 1 aromatic carbocycles. The quantitative estimate of drug-likeness (QED) is 0.764. The van der Waals surface area contributed by atoms with Crippen LogP contribution in [0.4, 0.5) is 4.39 Å². The van der Waals surface area contributed by atoms with E-state index >= 15 is 0 Å². The van der Waals surface area contributed by atoms with Crippen molar-refractivity contribution in [3.8, 4) is 12.3 Å². The van der Waals surface area contributed by atoms with Crippen molar-refractivity contribution in [2.45, 2.75) is 18.9 Å². The van der Waals surface area contributed by atoms with Gasteiger partial charge in [-0.15, -0.1) is 12.3 Å². The van der Waals surface area contributed by atoms with Crippen LogP contribution in [0.15, 0.2) is 18.2 Å². The summed E-state index contributed by atoms with van der Waals surface area (Å²) in [6.07, 6.45) is 5.95. The summed E-state index contributed by atoms with van der Waals surface area (Å²) >= 11 is 5.62. The number of halogens is 2. The number of nitrogens with two attached hydrogens (primary N) is 1. The Bertz CT molecular complexity index is 357. The summed E-state index contributed by atoms with van der Waals surface area (Å²) in [4.78, 5) is 0. The molecule has 0 spiro atoms. The lowest BCUT2D eigenvalue weighted by Crippen LogP contribution is -2.22. The van der Waals surface area contributed by atoms with E-state index in [0.717, 1.165) is 0 Å². The van der Waals surface area contributed by atoms with Crippen molar-refractivity contribution < 1.29 is 4.39 Å². The largest absolute Gasteiger partial charge is 0.327 e. The molecular formula is C11H11ClFN. The molecule has 0 saturated carbocycles. The van der Waals surface area contributed by atoms with Gasteiger partial charge in [0.1, 0.15) is 5.82 Å². The van der Waals surface area contributed by atoms with Gasteiger partial charge in [0.15, 0.2) is 0 Å². The minimum absolute atomic E-state index is 0.121. The molecule has 0 bridgehead atoms. The van der Waals surface area contributed by atoms with Gasteiger partial charge < -0.3 is 5.73 Å². The molecule has 14 heavy (non-hydrogen) atoms. The predicted molar refractivity (Wildman–Crippen MR) is 56.5 cm³/mol. The molecule has 0 heterocycles. The van der Waals surface area contributed by atoms with Gasteiger partial charge in [-0.05, 0) is 18.1 Å². The van der Waals surface area contributed by atoms with Crippen LogP contribution in [0.3, 0.4) is 0 Å². The van der Waals surface area contributed by atoms with Crippen LogP contribution in [0.1, 0.15) is 12.0 Å². The zero-order valence-electron chi connectivity index (χ0n) is 7.63. The van der Waals surface area contributed by atoms with E-state index in [4.69, 9.17) is 23.8 Å². The molecule has 0 aliphatic heterocycles. The second kappa shape index (κ2) is 4.99. The molecule has 0 saturated heterocycles. The molecule has 0 aliphatic rings. The number of hydrogen-bond donors (Lipinski definition) is 1. The van der Waals surface area contributed by atoms with Crippen molar-refractivity contribution in [2.24, 2.45) is 5.73 Å². The van der Waals surface area contributed by atoms with Gasteiger partial charge in [0.25, 0.3) is 0 Å². The number of hydrogen-bond acceptors (Lipinski definition) is 1. The monoisotopic (exact) mass is 211 g/mol. The second-order valence-corrected chi connectivity index (χ2v) is 3.49. The van der Waals surface area contributed by atoms with E-state index in [9.17, 15) is 4.39 Å². The average Bonchev–Trinajstić information content (AvgIpc) is 2.13. The molecule has 0 aliphatic carbocycles. The van der Waals surface area contributed by atoms with Crippen LogP contribution in [-0.2, 0) is 6.42 Å². The smallest absolute Gasteiger partial charge is 0.145 e. The van der Waals surface area contributed by atoms with Crippen LogP contribution in [-0.4, -0.2) is 6.04 Å². The van der Waals surface area contributed by atoms with Crippen molar-refractivity contribution in [3.63, 3.8) is 0 Å². The first-order chi connectivity index (χ1) is 6.65. The van der Waals surface area contributed by atoms with E-state index in [-0.39, 0.29) is 11.1 Å². The Morgan fingerprint density at radius 1 is 1.57 bits per heavy atom. The molecule has 0 aromatic heterocycles. The Balaban J connectivity index is 2.77. The van der Waals surface area contributed by atoms with Crippen LogP contribution in [0.2, 0.25) is 5.02 Å². The maximum absolute atomic E-state index is 13.4. The van der Waals surface area contributed by atoms with Gasteiger partial charge in [0, 0.05) is 12.5 Å². The molecule has 2 N–H and O–H groups in total. The van der Waals surface area contributed by atoms with E-state index in [1.54, 1.807) is 12.1 Å². The summed E-state index contributed by atoms with van der Waals surface area (Å²) in [7, 11) is 0. The van der Waals surface area contributed by atoms with Crippen molar-refractivity contribution in [1.82, 2.24) is 0 Å². The van der Waals surface area contributed by atoms with Crippen molar-refractivity contribution >= 4 is 11.6 Å². The van der Waals surface area contributed by atoms with E-state index in [2.05, 4.69) is 5.92 Å². The standard InChI is InChI=1S/C11H11ClFN/c1-2-4-9(14)7-8-5-3-6-10(12)11(8)13/h1,3,5-6,9H,4,7,14H2. The predicted octanol–water partition coefficient (Wildman–Crippen LogP) is 2.37.